The summed E-state index contributed by atoms with van der Waals surface area (Å²) in [4.78, 5) is 20.5. The van der Waals surface area contributed by atoms with Gasteiger partial charge in [-0.05, 0) is 65.9 Å². The number of amides is 1. The Morgan fingerprint density at radius 3 is 2.77 bits per heavy atom. The van der Waals surface area contributed by atoms with Crippen molar-refractivity contribution in [2.45, 2.75) is 12.1 Å². The summed E-state index contributed by atoms with van der Waals surface area (Å²) >= 11 is 3.47. The largest absolute Gasteiger partial charge is 0.430 e. The maximum atomic E-state index is 11.9. The van der Waals surface area contributed by atoms with Crippen molar-refractivity contribution in [1.82, 2.24) is 9.97 Å². The fourth-order valence-electron chi connectivity index (χ4n) is 1.81. The van der Waals surface area contributed by atoms with Crippen LogP contribution in [0.25, 0.3) is 11.2 Å². The molecule has 0 atom stereocenters. The molecule has 0 aliphatic heterocycles. The van der Waals surface area contributed by atoms with E-state index in [1.165, 1.54) is 11.8 Å². The van der Waals surface area contributed by atoms with Gasteiger partial charge in [-0.3, -0.25) is 4.79 Å². The minimum Gasteiger partial charge on any atom is -0.430 e. The molecule has 112 valence electrons. The van der Waals surface area contributed by atoms with Crippen LogP contribution >= 0.6 is 34.4 Å². The van der Waals surface area contributed by atoms with Crippen LogP contribution in [0, 0.1) is 10.5 Å². The zero-order valence-electron chi connectivity index (χ0n) is 11.7. The Morgan fingerprint density at radius 2 is 2.00 bits per heavy atom. The lowest BCUT2D eigenvalue weighted by Gasteiger charge is -2.03. The number of nitrogens with one attached hydrogen (secondary N) is 1. The lowest BCUT2D eigenvalue weighted by molar-refractivity contribution is -0.113. The number of benzene rings is 1. The number of carbonyl (C=O) groups is 1. The van der Waals surface area contributed by atoms with Crippen LogP contribution in [0.2, 0.25) is 0 Å². The highest BCUT2D eigenvalue weighted by molar-refractivity contribution is 14.1. The van der Waals surface area contributed by atoms with E-state index in [0.717, 1.165) is 15.0 Å². The van der Waals surface area contributed by atoms with Crippen molar-refractivity contribution >= 4 is 57.2 Å². The molecule has 3 rings (SSSR count). The normalized spacial score (nSPS) is 10.8. The number of oxazole rings is 1. The van der Waals surface area contributed by atoms with Crippen molar-refractivity contribution in [3.8, 4) is 0 Å². The molecular formula is C15H12IN3O2S. The molecule has 3 aromatic rings. The Kier molecular flexibility index (Phi) is 4.63. The van der Waals surface area contributed by atoms with Crippen molar-refractivity contribution < 1.29 is 9.21 Å². The molecule has 22 heavy (non-hydrogen) atoms. The summed E-state index contributed by atoms with van der Waals surface area (Å²) < 4.78 is 6.67. The number of fused-ring (bicyclic) bond motifs is 1. The van der Waals surface area contributed by atoms with Gasteiger partial charge in [0.15, 0.2) is 11.2 Å². The fourth-order valence-corrected chi connectivity index (χ4v) is 2.80. The molecule has 7 heteroatoms. The number of anilines is 1. The first-order valence-electron chi connectivity index (χ1n) is 6.52. The number of thioether (sulfide) groups is 1. The monoisotopic (exact) mass is 425 g/mol. The number of hydrogen-bond acceptors (Lipinski definition) is 5. The second-order valence-corrected chi connectivity index (χ2v) is 6.77. The van der Waals surface area contributed by atoms with Gasteiger partial charge < -0.3 is 9.73 Å². The number of pyridine rings is 1. The van der Waals surface area contributed by atoms with Crippen LogP contribution in [0.15, 0.2) is 46.0 Å². The minimum atomic E-state index is -0.0994. The highest BCUT2D eigenvalue weighted by Crippen LogP contribution is 2.22. The van der Waals surface area contributed by atoms with E-state index in [1.54, 1.807) is 0 Å². The lowest BCUT2D eigenvalue weighted by atomic mass is 10.3. The number of aromatic nitrogens is 2. The quantitative estimate of drug-likeness (QED) is 0.508. The van der Waals surface area contributed by atoms with Crippen LogP contribution in [0.5, 0.6) is 0 Å². The third kappa shape index (κ3) is 3.77. The van der Waals surface area contributed by atoms with E-state index in [9.17, 15) is 4.79 Å². The summed E-state index contributed by atoms with van der Waals surface area (Å²) in [5.74, 6) is 0.134. The first-order chi connectivity index (χ1) is 10.6. The Labute approximate surface area is 145 Å². The molecule has 0 bridgehead atoms. The van der Waals surface area contributed by atoms with Crippen LogP contribution in [-0.4, -0.2) is 21.6 Å². The van der Waals surface area contributed by atoms with Gasteiger partial charge in [0.2, 0.25) is 5.91 Å². The number of rotatable bonds is 4. The molecule has 5 nitrogen and oxygen atoms in total. The van der Waals surface area contributed by atoms with Gasteiger partial charge in [0.1, 0.15) is 0 Å². The van der Waals surface area contributed by atoms with E-state index in [1.807, 2.05) is 43.3 Å². The summed E-state index contributed by atoms with van der Waals surface area (Å²) in [6.45, 7) is 1.90. The van der Waals surface area contributed by atoms with Crippen LogP contribution in [0.3, 0.4) is 0 Å². The van der Waals surface area contributed by atoms with Crippen molar-refractivity contribution in [3.63, 3.8) is 0 Å². The van der Waals surface area contributed by atoms with Crippen molar-refractivity contribution in [1.29, 1.82) is 0 Å². The molecule has 0 spiro atoms. The van der Waals surface area contributed by atoms with Crippen LogP contribution < -0.4 is 5.32 Å². The molecule has 0 saturated heterocycles. The topological polar surface area (TPSA) is 68.0 Å². The van der Waals surface area contributed by atoms with Gasteiger partial charge in [0, 0.05) is 15.0 Å². The van der Waals surface area contributed by atoms with Crippen molar-refractivity contribution in [3.05, 3.63) is 45.7 Å². The third-order valence-corrected chi connectivity index (χ3v) is 4.37. The molecule has 2 aromatic heterocycles. The number of halogens is 1. The number of nitrogens with zero attached hydrogens (tertiary/aromatic N) is 2. The predicted octanol–water partition coefficient (Wildman–Crippen LogP) is 3.87. The second kappa shape index (κ2) is 6.66. The second-order valence-electron chi connectivity index (χ2n) is 4.60. The van der Waals surface area contributed by atoms with Gasteiger partial charge in [-0.1, -0.05) is 11.8 Å². The first-order valence-corrected chi connectivity index (χ1v) is 8.59. The summed E-state index contributed by atoms with van der Waals surface area (Å²) in [5, 5.41) is 3.28. The van der Waals surface area contributed by atoms with Crippen LogP contribution in [0.4, 0.5) is 5.69 Å². The van der Waals surface area contributed by atoms with Gasteiger partial charge in [0.25, 0.3) is 5.22 Å². The van der Waals surface area contributed by atoms with Gasteiger partial charge in [-0.25, -0.2) is 4.98 Å². The lowest BCUT2D eigenvalue weighted by Crippen LogP contribution is -2.13. The fraction of sp³-hybridized carbons (Fsp3) is 0.133. The van der Waals surface area contributed by atoms with Gasteiger partial charge in [-0.2, -0.15) is 4.98 Å². The average Bonchev–Trinajstić information content (AvgIpc) is 2.89. The molecule has 2 heterocycles. The third-order valence-electron chi connectivity index (χ3n) is 2.83. The highest BCUT2D eigenvalue weighted by atomic mass is 127. The van der Waals surface area contributed by atoms with Crippen molar-refractivity contribution in [2.24, 2.45) is 0 Å². The molecule has 1 aromatic carbocycles. The number of carbonyl (C=O) groups excluding carboxylic acids is 1. The van der Waals surface area contributed by atoms with Gasteiger partial charge >= 0.3 is 0 Å². The maximum Gasteiger partial charge on any atom is 0.258 e. The van der Waals surface area contributed by atoms with Gasteiger partial charge in [0.05, 0.1) is 5.75 Å². The maximum absolute atomic E-state index is 11.9. The SMILES string of the molecule is Cc1ccc2oc(SCC(=O)Nc3ccc(I)cc3)nc2n1. The molecular weight excluding hydrogens is 413 g/mol. The zero-order chi connectivity index (χ0) is 15.5. The van der Waals surface area contributed by atoms with Crippen molar-refractivity contribution in [2.75, 3.05) is 11.1 Å². The van der Waals surface area contributed by atoms with E-state index in [2.05, 4.69) is 37.9 Å². The predicted molar refractivity (Wildman–Crippen MR) is 95.1 cm³/mol. The van der Waals surface area contributed by atoms with E-state index >= 15 is 0 Å². The van der Waals surface area contributed by atoms with Crippen LogP contribution in [0.1, 0.15) is 5.69 Å². The number of aryl methyl sites for hydroxylation is 1. The van der Waals surface area contributed by atoms with E-state index in [0.29, 0.717) is 16.5 Å². The summed E-state index contributed by atoms with van der Waals surface area (Å²) in [7, 11) is 0. The van der Waals surface area contributed by atoms with E-state index in [-0.39, 0.29) is 11.7 Å². The van der Waals surface area contributed by atoms with E-state index in [4.69, 9.17) is 4.42 Å². The first kappa shape index (κ1) is 15.3. The molecule has 0 aliphatic rings. The Balaban J connectivity index is 1.61. The number of hydrogen-bond donors (Lipinski definition) is 1. The Bertz CT molecular complexity index is 817. The summed E-state index contributed by atoms with van der Waals surface area (Å²) in [6.07, 6.45) is 0. The molecule has 1 N–H and O–H groups in total. The smallest absolute Gasteiger partial charge is 0.258 e. The molecule has 0 aliphatic carbocycles. The molecule has 1 amide bonds. The average molecular weight is 425 g/mol. The highest BCUT2D eigenvalue weighted by Gasteiger charge is 2.10. The summed E-state index contributed by atoms with van der Waals surface area (Å²) in [5.41, 5.74) is 2.86. The Hall–Kier alpha value is -1.61. The zero-order valence-corrected chi connectivity index (χ0v) is 14.6. The molecule has 0 fully saturated rings. The molecule has 0 unspecified atom stereocenters. The van der Waals surface area contributed by atoms with E-state index < -0.39 is 0 Å². The summed E-state index contributed by atoms with van der Waals surface area (Å²) in [6, 6.07) is 11.3. The van der Waals surface area contributed by atoms with Gasteiger partial charge in [-0.15, -0.1) is 0 Å². The Morgan fingerprint density at radius 1 is 1.23 bits per heavy atom. The van der Waals surface area contributed by atoms with Crippen LogP contribution in [-0.2, 0) is 4.79 Å². The molecule has 0 radical (unpaired) electrons. The molecule has 0 saturated carbocycles. The minimum absolute atomic E-state index is 0.0994. The standard InChI is InChI=1S/C15H12IN3O2S/c1-9-2-7-12-14(17-9)19-15(21-12)22-8-13(20)18-11-5-3-10(16)4-6-11/h2-7H,8H2,1H3,(H,18,20).